The van der Waals surface area contributed by atoms with Gasteiger partial charge >= 0.3 is 5.97 Å². The summed E-state index contributed by atoms with van der Waals surface area (Å²) >= 11 is 0. The summed E-state index contributed by atoms with van der Waals surface area (Å²) in [6.45, 7) is -0.856. The first-order valence-corrected chi connectivity index (χ1v) is 6.25. The molecule has 0 saturated heterocycles. The zero-order valence-corrected chi connectivity index (χ0v) is 9.88. The number of carboxylic acids is 1. The average molecular weight is 270 g/mol. The number of aliphatic hydroxyl groups excluding tert-OH is 1. The van der Waals surface area contributed by atoms with Crippen molar-refractivity contribution in [2.45, 2.75) is 10.9 Å². The van der Waals surface area contributed by atoms with Gasteiger partial charge in [0.15, 0.2) is 0 Å². The van der Waals surface area contributed by atoms with Crippen LogP contribution in [-0.2, 0) is 14.8 Å². The van der Waals surface area contributed by atoms with Crippen LogP contribution in [0.25, 0.3) is 0 Å². The molecule has 0 aliphatic rings. The number of hydrogen-bond acceptors (Lipinski definition) is 5. The molecule has 0 heterocycles. The first-order valence-electron chi connectivity index (χ1n) is 4.77. The molecular weight excluding hydrogens is 260 g/mol. The number of aliphatic carboxylic acids is 1. The van der Waals surface area contributed by atoms with Crippen molar-refractivity contribution in [3.8, 4) is 6.07 Å². The molecule has 0 saturated carbocycles. The number of nitrogens with one attached hydrogen (secondary N) is 1. The molecule has 1 rings (SSSR count). The van der Waals surface area contributed by atoms with Gasteiger partial charge in [0.25, 0.3) is 0 Å². The van der Waals surface area contributed by atoms with Crippen molar-refractivity contribution < 1.29 is 23.4 Å². The lowest BCUT2D eigenvalue weighted by molar-refractivity contribution is -0.139. The fourth-order valence-electron chi connectivity index (χ4n) is 1.13. The smallest absolute Gasteiger partial charge is 0.324 e. The summed E-state index contributed by atoms with van der Waals surface area (Å²) in [5.74, 6) is -1.48. The summed E-state index contributed by atoms with van der Waals surface area (Å²) in [7, 11) is -4.04. The molecule has 0 fully saturated rings. The van der Waals surface area contributed by atoms with Gasteiger partial charge in [0.1, 0.15) is 6.04 Å². The van der Waals surface area contributed by atoms with Crippen LogP contribution in [0.2, 0.25) is 0 Å². The van der Waals surface area contributed by atoms with Crippen LogP contribution in [-0.4, -0.2) is 37.2 Å². The van der Waals surface area contributed by atoms with E-state index < -0.39 is 28.6 Å². The number of sulfonamides is 1. The van der Waals surface area contributed by atoms with E-state index in [1.807, 2.05) is 10.8 Å². The largest absolute Gasteiger partial charge is 0.480 e. The Kier molecular flexibility index (Phi) is 4.38. The number of carbonyl (C=O) groups is 1. The first kappa shape index (κ1) is 14.1. The fourth-order valence-corrected chi connectivity index (χ4v) is 2.31. The Morgan fingerprint density at radius 3 is 2.33 bits per heavy atom. The quantitative estimate of drug-likeness (QED) is 0.648. The number of nitrogens with zero attached hydrogens (tertiary/aromatic N) is 1. The van der Waals surface area contributed by atoms with E-state index in [0.29, 0.717) is 0 Å². The summed E-state index contributed by atoms with van der Waals surface area (Å²) in [6.07, 6.45) is 0. The molecule has 0 aliphatic heterocycles. The number of hydrogen-bond donors (Lipinski definition) is 3. The van der Waals surface area contributed by atoms with E-state index in [4.69, 9.17) is 15.5 Å². The highest BCUT2D eigenvalue weighted by Crippen LogP contribution is 2.10. The Morgan fingerprint density at radius 1 is 1.39 bits per heavy atom. The van der Waals surface area contributed by atoms with Gasteiger partial charge in [0, 0.05) is 0 Å². The molecule has 18 heavy (non-hydrogen) atoms. The van der Waals surface area contributed by atoms with E-state index in [2.05, 4.69) is 0 Å². The standard InChI is InChI=1S/C10H10N2O5S/c11-5-7-1-3-8(4-2-7)18(16,17)12-9(6-13)10(14)15/h1-4,9,12-13H,6H2,(H,14,15). The number of nitriles is 1. The second-order valence-electron chi connectivity index (χ2n) is 3.33. The van der Waals surface area contributed by atoms with Gasteiger partial charge in [-0.2, -0.15) is 9.98 Å². The van der Waals surface area contributed by atoms with Crippen LogP contribution in [0.4, 0.5) is 0 Å². The lowest BCUT2D eigenvalue weighted by Crippen LogP contribution is -2.43. The molecule has 1 aromatic rings. The lowest BCUT2D eigenvalue weighted by atomic mass is 10.2. The molecule has 1 unspecified atom stereocenters. The third kappa shape index (κ3) is 3.27. The van der Waals surface area contributed by atoms with Crippen molar-refractivity contribution in [2.75, 3.05) is 6.61 Å². The summed E-state index contributed by atoms with van der Waals surface area (Å²) in [6, 6.07) is 5.17. The van der Waals surface area contributed by atoms with Crippen LogP contribution in [0.1, 0.15) is 5.56 Å². The van der Waals surface area contributed by atoms with Crippen LogP contribution in [0.3, 0.4) is 0 Å². The van der Waals surface area contributed by atoms with E-state index in [-0.39, 0.29) is 10.5 Å². The van der Waals surface area contributed by atoms with Gasteiger partial charge < -0.3 is 10.2 Å². The van der Waals surface area contributed by atoms with Gasteiger partial charge in [-0.1, -0.05) is 0 Å². The van der Waals surface area contributed by atoms with Gasteiger partial charge in [0.2, 0.25) is 10.0 Å². The molecular formula is C10H10N2O5S. The Bertz CT molecular complexity index is 573. The van der Waals surface area contributed by atoms with Crippen LogP contribution in [0.15, 0.2) is 29.2 Å². The fraction of sp³-hybridized carbons (Fsp3) is 0.200. The van der Waals surface area contributed by atoms with E-state index in [9.17, 15) is 13.2 Å². The minimum absolute atomic E-state index is 0.179. The van der Waals surface area contributed by atoms with Crippen molar-refractivity contribution >= 4 is 16.0 Å². The minimum Gasteiger partial charge on any atom is -0.480 e. The maximum Gasteiger partial charge on any atom is 0.324 e. The highest BCUT2D eigenvalue weighted by Gasteiger charge is 2.24. The van der Waals surface area contributed by atoms with Crippen molar-refractivity contribution in [3.63, 3.8) is 0 Å². The number of benzene rings is 1. The van der Waals surface area contributed by atoms with Gasteiger partial charge in [-0.25, -0.2) is 8.42 Å². The maximum atomic E-state index is 11.7. The Balaban J connectivity index is 2.99. The lowest BCUT2D eigenvalue weighted by Gasteiger charge is -2.12. The average Bonchev–Trinajstić information content (AvgIpc) is 2.35. The summed E-state index contributed by atoms with van der Waals surface area (Å²) in [5.41, 5.74) is 0.283. The molecule has 0 bridgehead atoms. The van der Waals surface area contributed by atoms with Gasteiger partial charge in [-0.3, -0.25) is 4.79 Å². The minimum atomic E-state index is -4.04. The van der Waals surface area contributed by atoms with Gasteiger partial charge in [-0.05, 0) is 24.3 Å². The Hall–Kier alpha value is -1.95. The summed E-state index contributed by atoms with van der Waals surface area (Å²) < 4.78 is 25.3. The normalized spacial score (nSPS) is 12.7. The molecule has 0 aromatic heterocycles. The third-order valence-electron chi connectivity index (χ3n) is 2.07. The van der Waals surface area contributed by atoms with E-state index in [1.165, 1.54) is 24.3 Å². The SMILES string of the molecule is N#Cc1ccc(S(=O)(=O)NC(CO)C(=O)O)cc1. The molecule has 0 aliphatic carbocycles. The monoisotopic (exact) mass is 270 g/mol. The molecule has 0 amide bonds. The number of carboxylic acid groups (broad SMARTS) is 1. The van der Waals surface area contributed by atoms with Crippen LogP contribution < -0.4 is 4.72 Å². The number of rotatable bonds is 5. The van der Waals surface area contributed by atoms with Crippen molar-refractivity contribution in [1.82, 2.24) is 4.72 Å². The second-order valence-corrected chi connectivity index (χ2v) is 5.04. The number of aliphatic hydroxyl groups is 1. The van der Waals surface area contributed by atoms with E-state index in [1.54, 1.807) is 0 Å². The summed E-state index contributed by atoms with van der Waals surface area (Å²) in [5, 5.41) is 25.9. The Morgan fingerprint density at radius 2 is 1.94 bits per heavy atom. The van der Waals surface area contributed by atoms with Crippen LogP contribution in [0.5, 0.6) is 0 Å². The van der Waals surface area contributed by atoms with Crippen molar-refractivity contribution in [3.05, 3.63) is 29.8 Å². The highest BCUT2D eigenvalue weighted by atomic mass is 32.2. The molecule has 96 valence electrons. The van der Waals surface area contributed by atoms with E-state index in [0.717, 1.165) is 0 Å². The molecule has 1 aromatic carbocycles. The zero-order chi connectivity index (χ0) is 13.8. The van der Waals surface area contributed by atoms with Crippen molar-refractivity contribution in [2.24, 2.45) is 0 Å². The maximum absolute atomic E-state index is 11.7. The third-order valence-corrected chi connectivity index (χ3v) is 3.56. The topological polar surface area (TPSA) is 127 Å². The molecule has 0 radical (unpaired) electrons. The van der Waals surface area contributed by atoms with Gasteiger partial charge in [0.05, 0.1) is 23.1 Å². The highest BCUT2D eigenvalue weighted by molar-refractivity contribution is 7.89. The van der Waals surface area contributed by atoms with Crippen LogP contribution in [0, 0.1) is 11.3 Å². The molecule has 8 heteroatoms. The molecule has 3 N–H and O–H groups in total. The van der Waals surface area contributed by atoms with Crippen molar-refractivity contribution in [1.29, 1.82) is 5.26 Å². The Labute approximate surface area is 103 Å². The molecule has 7 nitrogen and oxygen atoms in total. The zero-order valence-electron chi connectivity index (χ0n) is 9.07. The predicted octanol–water partition coefficient (Wildman–Crippen LogP) is -0.718. The summed E-state index contributed by atoms with van der Waals surface area (Å²) in [4.78, 5) is 10.4. The predicted molar refractivity (Wildman–Crippen MR) is 60.0 cm³/mol. The molecule has 1 atom stereocenters. The van der Waals surface area contributed by atoms with Crippen LogP contribution >= 0.6 is 0 Å². The first-order chi connectivity index (χ1) is 8.40. The van der Waals surface area contributed by atoms with E-state index >= 15 is 0 Å². The molecule has 0 spiro atoms. The van der Waals surface area contributed by atoms with Gasteiger partial charge in [-0.15, -0.1) is 0 Å². The second kappa shape index (κ2) is 5.59.